The maximum atomic E-state index is 11.8. The number of nitrogens with zero attached hydrogens (tertiary/aromatic N) is 1. The minimum atomic E-state index is -0.293. The van der Waals surface area contributed by atoms with E-state index in [1.807, 2.05) is 0 Å². The third kappa shape index (κ3) is 4.48. The highest BCUT2D eigenvalue weighted by molar-refractivity contribution is 6.28. The molecule has 6 nitrogen and oxygen atoms in total. The zero-order valence-corrected chi connectivity index (χ0v) is 10.6. The zero-order valence-electron chi connectivity index (χ0n) is 10.6. The quantitative estimate of drug-likeness (QED) is 0.581. The van der Waals surface area contributed by atoms with E-state index in [-0.39, 0.29) is 50.4 Å². The van der Waals surface area contributed by atoms with Gasteiger partial charge in [-0.1, -0.05) is 0 Å². The number of rotatable bonds is 6. The van der Waals surface area contributed by atoms with Gasteiger partial charge in [0.2, 0.25) is 11.8 Å². The molecular weight excluding hydrogens is 235 g/mol. The number of carbonyl (C=O) groups is 3. The first-order valence-corrected chi connectivity index (χ1v) is 6.21. The van der Waals surface area contributed by atoms with E-state index in [0.29, 0.717) is 6.54 Å². The highest BCUT2D eigenvalue weighted by atomic mass is 16.2. The van der Waals surface area contributed by atoms with Crippen molar-refractivity contribution < 1.29 is 19.4 Å². The topological polar surface area (TPSA) is 86.7 Å². The van der Waals surface area contributed by atoms with E-state index in [1.165, 1.54) is 6.92 Å². The molecule has 1 fully saturated rings. The third-order valence-corrected chi connectivity index (χ3v) is 3.05. The SMILES string of the molecule is CC(=O)CCC(=O)NCC(=O)N1CCCC1BO. The normalized spacial score (nSPS) is 18.6. The Morgan fingerprint density at radius 2 is 2.11 bits per heavy atom. The lowest BCUT2D eigenvalue weighted by Crippen LogP contribution is -2.44. The fourth-order valence-electron chi connectivity index (χ4n) is 2.01. The molecule has 0 bridgehead atoms. The largest absolute Gasteiger partial charge is 0.452 e. The molecule has 1 heterocycles. The van der Waals surface area contributed by atoms with Crippen molar-refractivity contribution in [1.82, 2.24) is 10.2 Å². The lowest BCUT2D eigenvalue weighted by Gasteiger charge is -2.22. The van der Waals surface area contributed by atoms with E-state index < -0.39 is 0 Å². The van der Waals surface area contributed by atoms with Crippen LogP contribution in [0.4, 0.5) is 0 Å². The summed E-state index contributed by atoms with van der Waals surface area (Å²) in [5.41, 5.74) is 0. The van der Waals surface area contributed by atoms with Gasteiger partial charge >= 0.3 is 0 Å². The molecule has 0 aliphatic carbocycles. The van der Waals surface area contributed by atoms with Crippen molar-refractivity contribution in [2.75, 3.05) is 13.1 Å². The molecule has 0 aromatic rings. The van der Waals surface area contributed by atoms with E-state index in [0.717, 1.165) is 12.8 Å². The van der Waals surface area contributed by atoms with Crippen molar-refractivity contribution >= 4 is 25.1 Å². The smallest absolute Gasteiger partial charge is 0.293 e. The molecule has 1 aliphatic heterocycles. The molecule has 1 saturated heterocycles. The fraction of sp³-hybridized carbons (Fsp3) is 0.727. The number of amides is 2. The highest BCUT2D eigenvalue weighted by Gasteiger charge is 2.28. The van der Waals surface area contributed by atoms with Gasteiger partial charge in [-0.3, -0.25) is 9.59 Å². The summed E-state index contributed by atoms with van der Waals surface area (Å²) in [5, 5.41) is 11.6. The summed E-state index contributed by atoms with van der Waals surface area (Å²) in [6.07, 6.45) is 2.00. The molecule has 2 N–H and O–H groups in total. The molecule has 2 amide bonds. The van der Waals surface area contributed by atoms with Gasteiger partial charge in [0.15, 0.2) is 0 Å². The van der Waals surface area contributed by atoms with Crippen LogP contribution in [0.25, 0.3) is 0 Å². The van der Waals surface area contributed by atoms with Gasteiger partial charge in [-0.05, 0) is 19.8 Å². The maximum absolute atomic E-state index is 11.8. The molecule has 1 aliphatic rings. The van der Waals surface area contributed by atoms with Crippen molar-refractivity contribution in [2.24, 2.45) is 0 Å². The summed E-state index contributed by atoms with van der Waals surface area (Å²) >= 11 is 0. The van der Waals surface area contributed by atoms with Crippen molar-refractivity contribution in [3.05, 3.63) is 0 Å². The number of likely N-dealkylation sites (tertiary alicyclic amines) is 1. The van der Waals surface area contributed by atoms with Gasteiger partial charge in [0, 0.05) is 25.3 Å². The van der Waals surface area contributed by atoms with E-state index in [2.05, 4.69) is 5.32 Å². The van der Waals surface area contributed by atoms with Crippen LogP contribution in [0.3, 0.4) is 0 Å². The molecule has 1 unspecified atom stereocenters. The lowest BCUT2D eigenvalue weighted by atomic mass is 9.86. The van der Waals surface area contributed by atoms with Crippen LogP contribution in [0.15, 0.2) is 0 Å². The number of nitrogens with one attached hydrogen (secondary N) is 1. The Bertz CT molecular complexity index is 335. The maximum Gasteiger partial charge on any atom is 0.293 e. The Labute approximate surface area is 107 Å². The second-order valence-electron chi connectivity index (χ2n) is 4.54. The predicted molar refractivity (Wildman–Crippen MR) is 67.0 cm³/mol. The Morgan fingerprint density at radius 1 is 1.39 bits per heavy atom. The molecule has 1 atom stereocenters. The van der Waals surface area contributed by atoms with Crippen LogP contribution in [-0.4, -0.2) is 54.0 Å². The average Bonchev–Trinajstić information content (AvgIpc) is 2.81. The average molecular weight is 254 g/mol. The molecule has 0 radical (unpaired) electrons. The summed E-state index contributed by atoms with van der Waals surface area (Å²) in [7, 11) is -0.0377. The highest BCUT2D eigenvalue weighted by Crippen LogP contribution is 2.15. The number of carbonyl (C=O) groups excluding carboxylic acids is 3. The second kappa shape index (κ2) is 7.15. The molecule has 7 heteroatoms. The first-order chi connectivity index (χ1) is 8.54. The van der Waals surface area contributed by atoms with Crippen molar-refractivity contribution in [2.45, 2.75) is 38.5 Å². The van der Waals surface area contributed by atoms with Crippen LogP contribution in [0.1, 0.15) is 32.6 Å². The molecule has 0 aromatic heterocycles. The predicted octanol–water partition coefficient (Wildman–Crippen LogP) is -1.24. The summed E-state index contributed by atoms with van der Waals surface area (Å²) in [6, 6.07) is 0. The third-order valence-electron chi connectivity index (χ3n) is 3.05. The monoisotopic (exact) mass is 254 g/mol. The Morgan fingerprint density at radius 3 is 2.72 bits per heavy atom. The minimum absolute atomic E-state index is 0.0377. The Hall–Kier alpha value is -1.37. The summed E-state index contributed by atoms with van der Waals surface area (Å²) in [6.45, 7) is 2.00. The Balaban J connectivity index is 2.28. The van der Waals surface area contributed by atoms with Crippen molar-refractivity contribution in [3.63, 3.8) is 0 Å². The molecule has 0 aromatic carbocycles. The summed E-state index contributed by atoms with van der Waals surface area (Å²) in [4.78, 5) is 35.4. The van der Waals surface area contributed by atoms with Gasteiger partial charge in [-0.2, -0.15) is 0 Å². The number of hydrogen-bond donors (Lipinski definition) is 2. The van der Waals surface area contributed by atoms with Crippen molar-refractivity contribution in [3.8, 4) is 0 Å². The van der Waals surface area contributed by atoms with Gasteiger partial charge in [0.25, 0.3) is 7.48 Å². The first-order valence-electron chi connectivity index (χ1n) is 6.21. The van der Waals surface area contributed by atoms with Gasteiger partial charge < -0.3 is 20.0 Å². The Kier molecular flexibility index (Phi) is 5.84. The van der Waals surface area contributed by atoms with Crippen LogP contribution in [0.2, 0.25) is 0 Å². The van der Waals surface area contributed by atoms with Crippen LogP contribution >= 0.6 is 0 Å². The molecule has 0 saturated carbocycles. The number of hydrogen-bond acceptors (Lipinski definition) is 4. The number of ketones is 1. The van der Waals surface area contributed by atoms with Gasteiger partial charge in [0.1, 0.15) is 5.78 Å². The van der Waals surface area contributed by atoms with Gasteiger partial charge in [-0.25, -0.2) is 0 Å². The molecular formula is C11H19BN2O4. The second-order valence-corrected chi connectivity index (χ2v) is 4.54. The van der Waals surface area contributed by atoms with Gasteiger partial charge in [-0.15, -0.1) is 0 Å². The zero-order chi connectivity index (χ0) is 13.5. The van der Waals surface area contributed by atoms with Crippen LogP contribution < -0.4 is 5.32 Å². The van der Waals surface area contributed by atoms with Gasteiger partial charge in [0.05, 0.1) is 6.54 Å². The van der Waals surface area contributed by atoms with Crippen LogP contribution in [-0.2, 0) is 14.4 Å². The van der Waals surface area contributed by atoms with E-state index >= 15 is 0 Å². The standard InChI is InChI=1S/C11H19BN2O4/c1-8(15)4-5-10(16)13-7-11(17)14-6-2-3-9(14)12-18/h9,12,18H,2-7H2,1H3,(H,13,16). The lowest BCUT2D eigenvalue weighted by molar-refractivity contribution is -0.132. The van der Waals surface area contributed by atoms with Crippen LogP contribution in [0.5, 0.6) is 0 Å². The molecule has 0 spiro atoms. The summed E-state index contributed by atoms with van der Waals surface area (Å²) < 4.78 is 0. The molecule has 1 rings (SSSR count). The van der Waals surface area contributed by atoms with Crippen molar-refractivity contribution in [1.29, 1.82) is 0 Å². The fourth-order valence-corrected chi connectivity index (χ4v) is 2.01. The summed E-state index contributed by atoms with van der Waals surface area (Å²) in [5.74, 6) is -0.635. The minimum Gasteiger partial charge on any atom is -0.452 e. The van der Waals surface area contributed by atoms with Crippen LogP contribution in [0, 0.1) is 0 Å². The first kappa shape index (κ1) is 14.7. The number of Topliss-reactive ketones (excluding diaryl/α,β-unsaturated/α-hetero) is 1. The van der Waals surface area contributed by atoms with E-state index in [1.54, 1.807) is 4.90 Å². The molecule has 18 heavy (non-hydrogen) atoms. The van der Waals surface area contributed by atoms with E-state index in [4.69, 9.17) is 5.02 Å². The van der Waals surface area contributed by atoms with E-state index in [9.17, 15) is 14.4 Å². The molecule has 100 valence electrons.